The summed E-state index contributed by atoms with van der Waals surface area (Å²) in [5, 5.41) is 0. The van der Waals surface area contributed by atoms with Crippen molar-refractivity contribution in [2.24, 2.45) is 0 Å². The highest BCUT2D eigenvalue weighted by Gasteiger charge is 2.45. The minimum atomic E-state index is -0.592. The molecule has 0 bridgehead atoms. The van der Waals surface area contributed by atoms with Gasteiger partial charge < -0.3 is 9.47 Å². The van der Waals surface area contributed by atoms with Crippen LogP contribution in [0.2, 0.25) is 0 Å². The molecule has 0 saturated carbocycles. The molecule has 156 valence electrons. The topological polar surface area (TPSA) is 38.1 Å². The minimum Gasteiger partial charge on any atom is -0.338 e. The zero-order valence-electron chi connectivity index (χ0n) is 18.0. The first-order valence-corrected chi connectivity index (χ1v) is 10.6. The van der Waals surface area contributed by atoms with Crippen molar-refractivity contribution in [3.05, 3.63) is 77.9 Å². The van der Waals surface area contributed by atoms with Gasteiger partial charge in [0.15, 0.2) is 0 Å². The van der Waals surface area contributed by atoms with E-state index in [1.807, 2.05) is 63.1 Å². The van der Waals surface area contributed by atoms with E-state index in [1.54, 1.807) is 6.20 Å². The molecule has 1 aliphatic rings. The summed E-state index contributed by atoms with van der Waals surface area (Å²) < 4.78 is 15.9. The van der Waals surface area contributed by atoms with Crippen LogP contribution >= 0.6 is 0 Å². The van der Waals surface area contributed by atoms with Gasteiger partial charge in [0.25, 0.3) is 0 Å². The second-order valence-electron chi connectivity index (χ2n) is 8.52. The maximum atomic E-state index is 13.7. The van der Waals surface area contributed by atoms with Crippen molar-refractivity contribution in [3.63, 3.8) is 0 Å². The van der Waals surface area contributed by atoms with E-state index in [1.165, 1.54) is 12.1 Å². The Labute approximate surface area is 177 Å². The third-order valence-corrected chi connectivity index (χ3v) is 6.09. The monoisotopic (exact) mass is 405 g/mol. The molecule has 1 amide bonds. The number of benzene rings is 2. The first-order valence-electron chi connectivity index (χ1n) is 10.6. The Balaban J connectivity index is 1.82. The van der Waals surface area contributed by atoms with Crippen molar-refractivity contribution in [2.45, 2.75) is 58.2 Å². The van der Waals surface area contributed by atoms with E-state index < -0.39 is 5.54 Å². The fraction of sp³-hybridized carbons (Fsp3) is 0.360. The van der Waals surface area contributed by atoms with Crippen LogP contribution in [0, 0.1) is 5.82 Å². The number of rotatable bonds is 6. The molecule has 1 aromatic heterocycles. The lowest BCUT2D eigenvalue weighted by Gasteiger charge is -2.36. The fourth-order valence-electron chi connectivity index (χ4n) is 4.99. The number of hydrogen-bond donors (Lipinski definition) is 0. The van der Waals surface area contributed by atoms with Gasteiger partial charge in [0.2, 0.25) is 5.91 Å². The lowest BCUT2D eigenvalue weighted by molar-refractivity contribution is -0.135. The Bertz CT molecular complexity index is 1050. The number of carbonyl (C=O) groups excluding carboxylic acids is 1. The molecule has 2 heterocycles. The highest BCUT2D eigenvalue weighted by Crippen LogP contribution is 2.49. The van der Waals surface area contributed by atoms with Gasteiger partial charge in [0.05, 0.1) is 5.54 Å². The number of hydrogen-bond acceptors (Lipinski definition) is 2. The zero-order valence-corrected chi connectivity index (χ0v) is 18.0. The van der Waals surface area contributed by atoms with Gasteiger partial charge in [-0.2, -0.15) is 0 Å². The zero-order chi connectivity index (χ0) is 21.5. The van der Waals surface area contributed by atoms with Crippen LogP contribution in [0.5, 0.6) is 0 Å². The Kier molecular flexibility index (Phi) is 5.22. The number of imidazole rings is 1. The van der Waals surface area contributed by atoms with Crippen molar-refractivity contribution >= 4 is 5.91 Å². The molecular weight excluding hydrogens is 377 g/mol. The predicted octanol–water partition coefficient (Wildman–Crippen LogP) is 5.22. The van der Waals surface area contributed by atoms with Gasteiger partial charge in [-0.3, -0.25) is 4.79 Å². The molecule has 5 heteroatoms. The van der Waals surface area contributed by atoms with E-state index in [9.17, 15) is 9.18 Å². The van der Waals surface area contributed by atoms with Gasteiger partial charge in [-0.05, 0) is 57.4 Å². The molecule has 1 atom stereocenters. The molecule has 1 aliphatic heterocycles. The van der Waals surface area contributed by atoms with Crippen LogP contribution in [0.3, 0.4) is 0 Å². The van der Waals surface area contributed by atoms with Gasteiger partial charge >= 0.3 is 0 Å². The third-order valence-electron chi connectivity index (χ3n) is 6.09. The molecule has 2 aromatic carbocycles. The maximum absolute atomic E-state index is 13.7. The summed E-state index contributed by atoms with van der Waals surface area (Å²) in [5.74, 6) is 0.743. The van der Waals surface area contributed by atoms with Crippen molar-refractivity contribution in [1.82, 2.24) is 14.5 Å². The van der Waals surface area contributed by atoms with E-state index in [0.29, 0.717) is 12.8 Å². The standard InChI is InChI=1S/C25H28FN3O/c1-17(2)29(18(3)4)23(30)13-14-25(19-9-11-20(26)12-10-19)22-8-6-5-7-21(22)24-27-15-16-28(24)25/h5-12,15-18H,13-14H2,1-4H3. The van der Waals surface area contributed by atoms with Crippen molar-refractivity contribution < 1.29 is 9.18 Å². The van der Waals surface area contributed by atoms with E-state index in [-0.39, 0.29) is 23.8 Å². The molecule has 0 radical (unpaired) electrons. The predicted molar refractivity (Wildman–Crippen MR) is 117 cm³/mol. The number of aromatic nitrogens is 2. The van der Waals surface area contributed by atoms with Crippen LogP contribution in [-0.2, 0) is 10.3 Å². The Morgan fingerprint density at radius 1 is 1.07 bits per heavy atom. The van der Waals surface area contributed by atoms with Crippen molar-refractivity contribution in [2.75, 3.05) is 0 Å². The summed E-state index contributed by atoms with van der Waals surface area (Å²) in [6.07, 6.45) is 4.72. The Hall–Kier alpha value is -2.95. The first-order chi connectivity index (χ1) is 14.4. The largest absolute Gasteiger partial charge is 0.338 e. The number of carbonyl (C=O) groups is 1. The highest BCUT2D eigenvalue weighted by atomic mass is 19.1. The summed E-state index contributed by atoms with van der Waals surface area (Å²) in [5.41, 5.74) is 2.53. The molecule has 1 unspecified atom stereocenters. The number of amides is 1. The second kappa shape index (κ2) is 7.71. The lowest BCUT2D eigenvalue weighted by atomic mass is 9.79. The molecule has 4 rings (SSSR count). The van der Waals surface area contributed by atoms with Crippen LogP contribution in [0.15, 0.2) is 60.9 Å². The van der Waals surface area contributed by atoms with Crippen LogP contribution in [-0.4, -0.2) is 32.4 Å². The molecule has 0 fully saturated rings. The average molecular weight is 406 g/mol. The fourth-order valence-corrected chi connectivity index (χ4v) is 4.99. The average Bonchev–Trinajstić information content (AvgIpc) is 3.28. The molecule has 0 aliphatic carbocycles. The van der Waals surface area contributed by atoms with Gasteiger partial charge in [-0.15, -0.1) is 0 Å². The van der Waals surface area contributed by atoms with Gasteiger partial charge in [-0.25, -0.2) is 9.37 Å². The number of fused-ring (bicyclic) bond motifs is 3. The smallest absolute Gasteiger partial charge is 0.223 e. The summed E-state index contributed by atoms with van der Waals surface area (Å²) in [6.45, 7) is 8.19. The molecule has 30 heavy (non-hydrogen) atoms. The minimum absolute atomic E-state index is 0.132. The van der Waals surface area contributed by atoms with E-state index in [2.05, 4.69) is 21.7 Å². The lowest BCUT2D eigenvalue weighted by Crippen LogP contribution is -2.43. The molecular formula is C25H28FN3O. The quantitative estimate of drug-likeness (QED) is 0.564. The van der Waals surface area contributed by atoms with Crippen molar-refractivity contribution in [3.8, 4) is 11.4 Å². The van der Waals surface area contributed by atoms with E-state index >= 15 is 0 Å². The summed E-state index contributed by atoms with van der Waals surface area (Å²) >= 11 is 0. The Morgan fingerprint density at radius 2 is 1.73 bits per heavy atom. The van der Waals surface area contributed by atoms with Crippen LogP contribution in [0.1, 0.15) is 51.7 Å². The summed E-state index contributed by atoms with van der Waals surface area (Å²) in [7, 11) is 0. The molecule has 0 saturated heterocycles. The van der Waals surface area contributed by atoms with Crippen LogP contribution < -0.4 is 0 Å². The van der Waals surface area contributed by atoms with Gasteiger partial charge in [-0.1, -0.05) is 36.4 Å². The van der Waals surface area contributed by atoms with E-state index in [4.69, 9.17) is 0 Å². The van der Waals surface area contributed by atoms with Crippen LogP contribution in [0.4, 0.5) is 4.39 Å². The highest BCUT2D eigenvalue weighted by molar-refractivity contribution is 5.78. The van der Waals surface area contributed by atoms with Gasteiger partial charge in [0, 0.05) is 36.5 Å². The summed E-state index contributed by atoms with van der Waals surface area (Å²) in [6, 6.07) is 15.1. The SMILES string of the molecule is CC(C)N(C(=O)CCC1(c2ccc(F)cc2)c2ccccc2-c2nccn21)C(C)C. The molecule has 0 spiro atoms. The summed E-state index contributed by atoms with van der Waals surface area (Å²) in [4.78, 5) is 19.7. The maximum Gasteiger partial charge on any atom is 0.223 e. The Morgan fingerprint density at radius 3 is 2.40 bits per heavy atom. The van der Waals surface area contributed by atoms with E-state index in [0.717, 1.165) is 22.5 Å². The van der Waals surface area contributed by atoms with Gasteiger partial charge in [0.1, 0.15) is 11.6 Å². The molecule has 0 N–H and O–H groups in total. The third kappa shape index (κ3) is 3.13. The number of halogens is 1. The second-order valence-corrected chi connectivity index (χ2v) is 8.52. The number of nitrogens with zero attached hydrogens (tertiary/aromatic N) is 3. The first kappa shape index (κ1) is 20.3. The normalized spacial score (nSPS) is 17.3. The van der Waals surface area contributed by atoms with Crippen molar-refractivity contribution in [1.29, 1.82) is 0 Å². The molecule has 3 aromatic rings. The molecule has 4 nitrogen and oxygen atoms in total. The van der Waals surface area contributed by atoms with Crippen LogP contribution in [0.25, 0.3) is 11.4 Å².